The van der Waals surface area contributed by atoms with Gasteiger partial charge in [-0.05, 0) is 30.2 Å². The molecule has 0 spiro atoms. The third kappa shape index (κ3) is 2.53. The van der Waals surface area contributed by atoms with E-state index in [1.807, 2.05) is 24.8 Å². The van der Waals surface area contributed by atoms with E-state index in [1.165, 1.54) is 4.88 Å². The Balaban J connectivity index is 2.12. The molecule has 1 aliphatic heterocycles. The first-order chi connectivity index (χ1) is 8.11. The van der Waals surface area contributed by atoms with Crippen LogP contribution in [0.5, 0.6) is 0 Å². The molecule has 3 nitrogen and oxygen atoms in total. The van der Waals surface area contributed by atoms with E-state index < -0.39 is 0 Å². The maximum atomic E-state index is 12.3. The van der Waals surface area contributed by atoms with E-state index >= 15 is 0 Å². The van der Waals surface area contributed by atoms with Gasteiger partial charge in [-0.2, -0.15) is 0 Å². The summed E-state index contributed by atoms with van der Waals surface area (Å²) < 4.78 is 0. The summed E-state index contributed by atoms with van der Waals surface area (Å²) in [5.41, 5.74) is 5.97. The number of nitrogens with zero attached hydrogens (tertiary/aromatic N) is 1. The van der Waals surface area contributed by atoms with Crippen molar-refractivity contribution in [1.29, 1.82) is 0 Å². The quantitative estimate of drug-likeness (QED) is 0.898. The highest BCUT2D eigenvalue weighted by Gasteiger charge is 2.33. The Morgan fingerprint density at radius 3 is 2.94 bits per heavy atom. The SMILES string of the molecule is CC(C)[C@H](N)C(=O)N1CCCC1c1cccs1. The fraction of sp³-hybridized carbons (Fsp3) is 0.615. The van der Waals surface area contributed by atoms with Gasteiger partial charge < -0.3 is 10.6 Å². The van der Waals surface area contributed by atoms with E-state index in [2.05, 4.69) is 11.4 Å². The molecule has 0 bridgehead atoms. The van der Waals surface area contributed by atoms with Crippen molar-refractivity contribution in [2.24, 2.45) is 11.7 Å². The molecule has 94 valence electrons. The molecule has 0 aliphatic carbocycles. The van der Waals surface area contributed by atoms with E-state index in [4.69, 9.17) is 5.73 Å². The Bertz CT molecular complexity index is 375. The Kier molecular flexibility index (Phi) is 3.84. The van der Waals surface area contributed by atoms with Gasteiger partial charge >= 0.3 is 0 Å². The highest BCUT2D eigenvalue weighted by Crippen LogP contribution is 2.34. The van der Waals surface area contributed by atoms with Gasteiger partial charge in [-0.25, -0.2) is 0 Å². The maximum absolute atomic E-state index is 12.3. The van der Waals surface area contributed by atoms with Crippen molar-refractivity contribution in [2.75, 3.05) is 6.54 Å². The first-order valence-corrected chi connectivity index (χ1v) is 7.08. The lowest BCUT2D eigenvalue weighted by Gasteiger charge is -2.28. The van der Waals surface area contributed by atoms with Crippen LogP contribution in [0.2, 0.25) is 0 Å². The third-order valence-electron chi connectivity index (χ3n) is 3.41. The van der Waals surface area contributed by atoms with Gasteiger partial charge in [0, 0.05) is 11.4 Å². The fourth-order valence-electron chi connectivity index (χ4n) is 2.28. The summed E-state index contributed by atoms with van der Waals surface area (Å²) in [6.45, 7) is 4.85. The average Bonchev–Trinajstić information content (AvgIpc) is 2.96. The number of amides is 1. The van der Waals surface area contributed by atoms with Crippen LogP contribution in [0.4, 0.5) is 0 Å². The maximum Gasteiger partial charge on any atom is 0.240 e. The van der Waals surface area contributed by atoms with Crippen LogP contribution >= 0.6 is 11.3 Å². The van der Waals surface area contributed by atoms with E-state index in [0.29, 0.717) is 0 Å². The summed E-state index contributed by atoms with van der Waals surface area (Å²) in [4.78, 5) is 15.6. The lowest BCUT2D eigenvalue weighted by Crippen LogP contribution is -2.46. The van der Waals surface area contributed by atoms with Crippen molar-refractivity contribution in [3.8, 4) is 0 Å². The molecule has 1 aliphatic rings. The molecular weight excluding hydrogens is 232 g/mol. The fourth-order valence-corrected chi connectivity index (χ4v) is 3.16. The largest absolute Gasteiger partial charge is 0.333 e. The minimum Gasteiger partial charge on any atom is -0.333 e. The lowest BCUT2D eigenvalue weighted by atomic mass is 10.0. The normalized spacial score (nSPS) is 22.1. The number of carbonyl (C=O) groups is 1. The van der Waals surface area contributed by atoms with Crippen molar-refractivity contribution in [2.45, 2.75) is 38.8 Å². The van der Waals surface area contributed by atoms with Gasteiger partial charge in [0.25, 0.3) is 0 Å². The summed E-state index contributed by atoms with van der Waals surface area (Å²) in [6.07, 6.45) is 2.15. The molecule has 1 fully saturated rings. The number of likely N-dealkylation sites (tertiary alicyclic amines) is 1. The van der Waals surface area contributed by atoms with E-state index in [-0.39, 0.29) is 23.9 Å². The number of rotatable bonds is 3. The zero-order chi connectivity index (χ0) is 12.4. The van der Waals surface area contributed by atoms with E-state index in [1.54, 1.807) is 11.3 Å². The number of thiophene rings is 1. The van der Waals surface area contributed by atoms with Crippen LogP contribution in [-0.2, 0) is 4.79 Å². The van der Waals surface area contributed by atoms with Crippen LogP contribution in [-0.4, -0.2) is 23.4 Å². The molecule has 2 rings (SSSR count). The minimum absolute atomic E-state index is 0.107. The zero-order valence-corrected chi connectivity index (χ0v) is 11.2. The van der Waals surface area contributed by atoms with Gasteiger partial charge in [0.05, 0.1) is 12.1 Å². The van der Waals surface area contributed by atoms with E-state index in [0.717, 1.165) is 19.4 Å². The highest BCUT2D eigenvalue weighted by molar-refractivity contribution is 7.10. The molecular formula is C13H20N2OS. The van der Waals surface area contributed by atoms with Gasteiger partial charge in [-0.15, -0.1) is 11.3 Å². The first kappa shape index (κ1) is 12.6. The molecule has 2 atom stereocenters. The number of hydrogen-bond acceptors (Lipinski definition) is 3. The van der Waals surface area contributed by atoms with Crippen molar-refractivity contribution >= 4 is 17.2 Å². The molecule has 1 unspecified atom stereocenters. The topological polar surface area (TPSA) is 46.3 Å². The van der Waals surface area contributed by atoms with Crippen LogP contribution < -0.4 is 5.73 Å². The van der Waals surface area contributed by atoms with Crippen LogP contribution in [0, 0.1) is 5.92 Å². The minimum atomic E-state index is -0.365. The first-order valence-electron chi connectivity index (χ1n) is 6.20. The highest BCUT2D eigenvalue weighted by atomic mass is 32.1. The molecule has 0 saturated carbocycles. The number of carbonyl (C=O) groups excluding carboxylic acids is 1. The average molecular weight is 252 g/mol. The standard InChI is InChI=1S/C13H20N2OS/c1-9(2)12(14)13(16)15-7-3-5-10(15)11-6-4-8-17-11/h4,6,8-10,12H,3,5,7,14H2,1-2H3/t10?,12-/m0/s1. The smallest absolute Gasteiger partial charge is 0.240 e. The second-order valence-corrected chi connectivity index (χ2v) is 5.95. The zero-order valence-electron chi connectivity index (χ0n) is 10.4. The van der Waals surface area contributed by atoms with Gasteiger partial charge in [0.2, 0.25) is 5.91 Å². The molecule has 1 aromatic heterocycles. The molecule has 0 radical (unpaired) electrons. The van der Waals surface area contributed by atoms with Gasteiger partial charge in [0.1, 0.15) is 0 Å². The molecule has 1 saturated heterocycles. The summed E-state index contributed by atoms with van der Waals surface area (Å²) in [5.74, 6) is 0.308. The monoisotopic (exact) mass is 252 g/mol. The molecule has 1 aromatic rings. The van der Waals surface area contributed by atoms with Crippen molar-refractivity contribution in [3.05, 3.63) is 22.4 Å². The van der Waals surface area contributed by atoms with Gasteiger partial charge in [0.15, 0.2) is 0 Å². The molecule has 0 aromatic carbocycles. The van der Waals surface area contributed by atoms with Crippen LogP contribution in [0.15, 0.2) is 17.5 Å². The summed E-state index contributed by atoms with van der Waals surface area (Å²) in [7, 11) is 0. The lowest BCUT2D eigenvalue weighted by molar-refractivity contribution is -0.134. The van der Waals surface area contributed by atoms with Crippen LogP contribution in [0.3, 0.4) is 0 Å². The Labute approximate surface area is 107 Å². The van der Waals surface area contributed by atoms with Crippen molar-refractivity contribution < 1.29 is 4.79 Å². The van der Waals surface area contributed by atoms with Crippen molar-refractivity contribution in [3.63, 3.8) is 0 Å². The molecule has 2 heterocycles. The number of nitrogens with two attached hydrogens (primary N) is 1. The predicted molar refractivity (Wildman–Crippen MR) is 70.8 cm³/mol. The summed E-state index contributed by atoms with van der Waals surface area (Å²) in [5, 5.41) is 2.07. The third-order valence-corrected chi connectivity index (χ3v) is 4.38. The second-order valence-electron chi connectivity index (χ2n) is 4.97. The Morgan fingerprint density at radius 1 is 1.59 bits per heavy atom. The summed E-state index contributed by atoms with van der Waals surface area (Å²) >= 11 is 1.73. The van der Waals surface area contributed by atoms with E-state index in [9.17, 15) is 4.79 Å². The van der Waals surface area contributed by atoms with Crippen LogP contribution in [0.1, 0.15) is 37.6 Å². The van der Waals surface area contributed by atoms with Gasteiger partial charge in [-0.1, -0.05) is 19.9 Å². The predicted octanol–water partition coefficient (Wildman–Crippen LogP) is 2.39. The van der Waals surface area contributed by atoms with Crippen LogP contribution in [0.25, 0.3) is 0 Å². The second kappa shape index (κ2) is 5.19. The molecule has 4 heteroatoms. The Hall–Kier alpha value is -0.870. The summed E-state index contributed by atoms with van der Waals surface area (Å²) in [6, 6.07) is 4.05. The molecule has 2 N–H and O–H groups in total. The number of hydrogen-bond donors (Lipinski definition) is 1. The molecule has 17 heavy (non-hydrogen) atoms. The van der Waals surface area contributed by atoms with Crippen molar-refractivity contribution in [1.82, 2.24) is 4.90 Å². The van der Waals surface area contributed by atoms with Gasteiger partial charge in [-0.3, -0.25) is 4.79 Å². The Morgan fingerprint density at radius 2 is 2.35 bits per heavy atom. The molecule has 1 amide bonds.